The van der Waals surface area contributed by atoms with E-state index >= 15 is 0 Å². The van der Waals surface area contributed by atoms with Crippen molar-refractivity contribution in [1.82, 2.24) is 34.5 Å². The minimum Gasteiger partial charge on any atom is -0.335 e. The minimum absolute atomic E-state index is 0.0233. The molecule has 34 heavy (non-hydrogen) atoms. The van der Waals surface area contributed by atoms with Crippen LogP contribution in [0.4, 0.5) is 0 Å². The molecule has 10 heteroatoms. The molecule has 0 fully saturated rings. The van der Waals surface area contributed by atoms with E-state index in [0.717, 1.165) is 11.3 Å². The van der Waals surface area contributed by atoms with Gasteiger partial charge in [-0.2, -0.15) is 4.68 Å². The number of thioether (sulfide) groups is 1. The molecule has 2 aromatic heterocycles. The van der Waals surface area contributed by atoms with Crippen LogP contribution in [0.5, 0.6) is 0 Å². The van der Waals surface area contributed by atoms with Crippen LogP contribution in [0.15, 0.2) is 70.6 Å². The Morgan fingerprint density at radius 2 is 1.71 bits per heavy atom. The third-order valence-electron chi connectivity index (χ3n) is 5.64. The van der Waals surface area contributed by atoms with Gasteiger partial charge in [0.1, 0.15) is 0 Å². The van der Waals surface area contributed by atoms with Crippen LogP contribution in [0.1, 0.15) is 25.1 Å². The summed E-state index contributed by atoms with van der Waals surface area (Å²) >= 11 is 1.22. The topological polar surface area (TPSA) is 90.8 Å². The minimum atomic E-state index is -0.237. The van der Waals surface area contributed by atoms with Crippen molar-refractivity contribution in [2.24, 2.45) is 7.05 Å². The first kappa shape index (κ1) is 23.5. The number of hydrogen-bond donors (Lipinski definition) is 0. The Hall–Kier alpha value is -3.66. The van der Waals surface area contributed by atoms with Gasteiger partial charge in [0.25, 0.3) is 5.56 Å². The number of para-hydroxylation sites is 1. The number of benzene rings is 2. The fourth-order valence-electron chi connectivity index (χ4n) is 3.76. The lowest BCUT2D eigenvalue weighted by Gasteiger charge is -2.26. The molecule has 176 valence electrons. The molecule has 0 aliphatic carbocycles. The number of aromatic nitrogens is 6. The van der Waals surface area contributed by atoms with Crippen molar-refractivity contribution in [3.8, 4) is 11.4 Å². The van der Waals surface area contributed by atoms with Crippen LogP contribution in [0.25, 0.3) is 11.4 Å². The summed E-state index contributed by atoms with van der Waals surface area (Å²) in [4.78, 5) is 28.2. The van der Waals surface area contributed by atoms with Gasteiger partial charge in [-0.15, -0.1) is 5.10 Å². The molecular weight excluding hydrogens is 450 g/mol. The molecule has 0 unspecified atom stereocenters. The molecule has 0 saturated heterocycles. The summed E-state index contributed by atoms with van der Waals surface area (Å²) < 4.78 is 4.77. The quantitative estimate of drug-likeness (QED) is 0.363. The maximum atomic E-state index is 13.3. The Balaban J connectivity index is 1.57. The predicted octanol–water partition coefficient (Wildman–Crippen LogP) is 2.99. The fourth-order valence-corrected chi connectivity index (χ4v) is 4.52. The number of rotatable bonds is 8. The maximum Gasteiger partial charge on any atom is 0.297 e. The van der Waals surface area contributed by atoms with E-state index < -0.39 is 0 Å². The largest absolute Gasteiger partial charge is 0.335 e. The zero-order valence-corrected chi connectivity index (χ0v) is 20.4. The van der Waals surface area contributed by atoms with Crippen LogP contribution in [0.3, 0.4) is 0 Å². The normalized spacial score (nSPS) is 11.2. The summed E-state index contributed by atoms with van der Waals surface area (Å²) in [7, 11) is 1.82. The highest BCUT2D eigenvalue weighted by molar-refractivity contribution is 7.99. The number of tetrazole rings is 1. The average molecular weight is 478 g/mol. The maximum absolute atomic E-state index is 13.3. The molecule has 2 heterocycles. The smallest absolute Gasteiger partial charge is 0.297 e. The second kappa shape index (κ2) is 10.1. The molecule has 0 aliphatic rings. The van der Waals surface area contributed by atoms with Crippen LogP contribution < -0.4 is 5.56 Å². The molecule has 4 rings (SSSR count). The van der Waals surface area contributed by atoms with E-state index in [1.807, 2.05) is 93.4 Å². The van der Waals surface area contributed by atoms with Crippen molar-refractivity contribution in [1.29, 1.82) is 0 Å². The third kappa shape index (κ3) is 4.67. The van der Waals surface area contributed by atoms with E-state index in [1.165, 1.54) is 16.4 Å². The molecule has 0 N–H and O–H groups in total. The Morgan fingerprint density at radius 1 is 1.06 bits per heavy atom. The molecule has 0 aliphatic heterocycles. The zero-order valence-electron chi connectivity index (χ0n) is 19.6. The van der Waals surface area contributed by atoms with Gasteiger partial charge in [-0.3, -0.25) is 14.3 Å². The van der Waals surface area contributed by atoms with Crippen molar-refractivity contribution in [2.75, 3.05) is 5.75 Å². The molecule has 0 saturated carbocycles. The predicted molar refractivity (Wildman–Crippen MR) is 131 cm³/mol. The van der Waals surface area contributed by atoms with Gasteiger partial charge in [0, 0.05) is 19.6 Å². The summed E-state index contributed by atoms with van der Waals surface area (Å²) in [6.07, 6.45) is 0. The highest BCUT2D eigenvalue weighted by Crippen LogP contribution is 2.21. The number of amides is 1. The zero-order chi connectivity index (χ0) is 24.2. The molecule has 0 spiro atoms. The summed E-state index contributed by atoms with van der Waals surface area (Å²) in [6, 6.07) is 19.3. The highest BCUT2D eigenvalue weighted by atomic mass is 32.2. The van der Waals surface area contributed by atoms with Gasteiger partial charge in [-0.25, -0.2) is 4.68 Å². The molecular formula is C24H27N7O2S. The Kier molecular flexibility index (Phi) is 6.97. The van der Waals surface area contributed by atoms with Gasteiger partial charge in [-0.1, -0.05) is 60.3 Å². The summed E-state index contributed by atoms with van der Waals surface area (Å²) in [5.41, 5.74) is 2.65. The van der Waals surface area contributed by atoms with Gasteiger partial charge in [0.15, 0.2) is 5.69 Å². The van der Waals surface area contributed by atoms with Crippen LogP contribution >= 0.6 is 11.8 Å². The van der Waals surface area contributed by atoms with Crippen molar-refractivity contribution in [3.63, 3.8) is 0 Å². The van der Waals surface area contributed by atoms with Gasteiger partial charge in [0.2, 0.25) is 11.1 Å². The first-order valence-corrected chi connectivity index (χ1v) is 12.0. The number of nitrogens with zero attached hydrogens (tertiary/aromatic N) is 7. The van der Waals surface area contributed by atoms with E-state index in [2.05, 4.69) is 15.5 Å². The van der Waals surface area contributed by atoms with Crippen molar-refractivity contribution in [2.45, 2.75) is 38.5 Å². The molecule has 0 radical (unpaired) electrons. The van der Waals surface area contributed by atoms with Gasteiger partial charge in [0.05, 0.1) is 17.1 Å². The van der Waals surface area contributed by atoms with Crippen LogP contribution in [-0.2, 0) is 18.4 Å². The lowest BCUT2D eigenvalue weighted by molar-refractivity contribution is -0.130. The Morgan fingerprint density at radius 3 is 2.35 bits per heavy atom. The lowest BCUT2D eigenvalue weighted by atomic mass is 10.2. The first-order valence-electron chi connectivity index (χ1n) is 11.0. The SMILES string of the molecule is Cc1c(-n2nnnc2SCC(=O)N(Cc2ccccc2)C(C)C)c(=O)n(-c2ccccc2)n1C. The van der Waals surface area contributed by atoms with Crippen molar-refractivity contribution >= 4 is 17.7 Å². The Bertz CT molecular complexity index is 1330. The molecule has 2 aromatic carbocycles. The molecule has 0 atom stereocenters. The van der Waals surface area contributed by atoms with E-state index in [1.54, 1.807) is 9.36 Å². The molecule has 0 bridgehead atoms. The number of carbonyl (C=O) groups excluding carboxylic acids is 1. The number of hydrogen-bond acceptors (Lipinski definition) is 6. The van der Waals surface area contributed by atoms with E-state index in [9.17, 15) is 9.59 Å². The van der Waals surface area contributed by atoms with Gasteiger partial charge >= 0.3 is 0 Å². The van der Waals surface area contributed by atoms with Gasteiger partial charge in [-0.05, 0) is 48.9 Å². The fraction of sp³-hybridized carbons (Fsp3) is 0.292. The molecule has 1 amide bonds. The van der Waals surface area contributed by atoms with Crippen LogP contribution in [0, 0.1) is 6.92 Å². The third-order valence-corrected chi connectivity index (χ3v) is 6.54. The van der Waals surface area contributed by atoms with Crippen molar-refractivity contribution < 1.29 is 4.79 Å². The van der Waals surface area contributed by atoms with E-state index in [4.69, 9.17) is 0 Å². The van der Waals surface area contributed by atoms with Crippen LogP contribution in [0.2, 0.25) is 0 Å². The highest BCUT2D eigenvalue weighted by Gasteiger charge is 2.24. The second-order valence-electron chi connectivity index (χ2n) is 8.17. The molecule has 9 nitrogen and oxygen atoms in total. The van der Waals surface area contributed by atoms with E-state index in [0.29, 0.717) is 23.1 Å². The van der Waals surface area contributed by atoms with Gasteiger partial charge < -0.3 is 4.90 Å². The van der Waals surface area contributed by atoms with Crippen LogP contribution in [-0.4, -0.2) is 52.2 Å². The number of carbonyl (C=O) groups is 1. The lowest BCUT2D eigenvalue weighted by Crippen LogP contribution is -2.37. The molecule has 4 aromatic rings. The summed E-state index contributed by atoms with van der Waals surface area (Å²) in [5.74, 6) is 0.134. The monoisotopic (exact) mass is 477 g/mol. The summed E-state index contributed by atoms with van der Waals surface area (Å²) in [5, 5.41) is 12.3. The first-order chi connectivity index (χ1) is 16.4. The van der Waals surface area contributed by atoms with Crippen molar-refractivity contribution in [3.05, 3.63) is 82.3 Å². The average Bonchev–Trinajstić information content (AvgIpc) is 3.38. The van der Waals surface area contributed by atoms with E-state index in [-0.39, 0.29) is 23.3 Å². The standard InChI is InChI=1S/C24H27N7O2S/c1-17(2)29(15-19-11-7-5-8-12-19)21(32)16-34-24-25-26-27-30(24)22-18(3)28(4)31(23(22)33)20-13-9-6-10-14-20/h5-14,17H,15-16H2,1-4H3. The second-order valence-corrected chi connectivity index (χ2v) is 9.12. The summed E-state index contributed by atoms with van der Waals surface area (Å²) in [6.45, 7) is 6.37. The Labute approximate surface area is 202 Å².